The second-order valence-corrected chi connectivity index (χ2v) is 5.91. The first-order chi connectivity index (χ1) is 11.7. The summed E-state index contributed by atoms with van der Waals surface area (Å²) < 4.78 is 10.8. The molecular formula is C18H23N3O3. The largest absolute Gasteiger partial charge is 0.478 e. The van der Waals surface area contributed by atoms with Gasteiger partial charge in [-0.3, -0.25) is 4.79 Å². The van der Waals surface area contributed by atoms with Gasteiger partial charge in [-0.05, 0) is 44.9 Å². The van der Waals surface area contributed by atoms with Gasteiger partial charge in [0.15, 0.2) is 5.76 Å². The minimum atomic E-state index is -0.141. The van der Waals surface area contributed by atoms with E-state index in [4.69, 9.17) is 9.15 Å². The molecule has 1 aliphatic heterocycles. The summed E-state index contributed by atoms with van der Waals surface area (Å²) in [4.78, 5) is 18.9. The standard InChI is InChI=1S/C18H23N3O3/c1-3-23-17-6-4-5-16(20-17)21-11-9-14(10-12-21)19-18(22)15-8-7-13(2)24-15/h4-8,14H,3,9-12H2,1-2H3,(H,19,22). The number of anilines is 1. The molecule has 0 saturated carbocycles. The summed E-state index contributed by atoms with van der Waals surface area (Å²) in [5, 5.41) is 3.05. The Bertz CT molecular complexity index is 690. The zero-order chi connectivity index (χ0) is 16.9. The molecule has 24 heavy (non-hydrogen) atoms. The van der Waals surface area contributed by atoms with Crippen molar-refractivity contribution in [3.8, 4) is 5.88 Å². The fraction of sp³-hybridized carbons (Fsp3) is 0.444. The quantitative estimate of drug-likeness (QED) is 0.913. The molecule has 1 saturated heterocycles. The minimum Gasteiger partial charge on any atom is -0.478 e. The molecule has 1 amide bonds. The lowest BCUT2D eigenvalue weighted by molar-refractivity contribution is 0.0901. The highest BCUT2D eigenvalue weighted by molar-refractivity contribution is 5.91. The molecule has 1 aliphatic rings. The smallest absolute Gasteiger partial charge is 0.287 e. The summed E-state index contributed by atoms with van der Waals surface area (Å²) in [5.74, 6) is 2.56. The lowest BCUT2D eigenvalue weighted by Crippen LogP contribution is -2.44. The van der Waals surface area contributed by atoms with Crippen molar-refractivity contribution < 1.29 is 13.9 Å². The van der Waals surface area contributed by atoms with Crippen LogP contribution in [0.2, 0.25) is 0 Å². The number of carbonyl (C=O) groups excluding carboxylic acids is 1. The number of aromatic nitrogens is 1. The molecule has 6 nitrogen and oxygen atoms in total. The highest BCUT2D eigenvalue weighted by Gasteiger charge is 2.23. The molecule has 0 unspecified atom stereocenters. The number of hydrogen-bond donors (Lipinski definition) is 1. The molecule has 0 aliphatic carbocycles. The SMILES string of the molecule is CCOc1cccc(N2CCC(NC(=O)c3ccc(C)o3)CC2)n1. The molecule has 1 N–H and O–H groups in total. The third-order valence-corrected chi connectivity index (χ3v) is 4.12. The molecule has 1 fully saturated rings. The van der Waals surface area contributed by atoms with Crippen molar-refractivity contribution in [2.24, 2.45) is 0 Å². The Morgan fingerprint density at radius 1 is 1.33 bits per heavy atom. The molecule has 6 heteroatoms. The summed E-state index contributed by atoms with van der Waals surface area (Å²) in [7, 11) is 0. The molecule has 0 spiro atoms. The topological polar surface area (TPSA) is 67.6 Å². The highest BCUT2D eigenvalue weighted by Crippen LogP contribution is 2.21. The van der Waals surface area contributed by atoms with Crippen LogP contribution >= 0.6 is 0 Å². The Morgan fingerprint density at radius 3 is 2.79 bits per heavy atom. The van der Waals surface area contributed by atoms with Crippen LogP contribution in [0, 0.1) is 6.92 Å². The van der Waals surface area contributed by atoms with Gasteiger partial charge in [0.1, 0.15) is 11.6 Å². The molecule has 2 aromatic rings. The first-order valence-electron chi connectivity index (χ1n) is 8.38. The first kappa shape index (κ1) is 16.4. The maximum atomic E-state index is 12.1. The van der Waals surface area contributed by atoms with E-state index >= 15 is 0 Å². The van der Waals surface area contributed by atoms with Crippen molar-refractivity contribution in [3.05, 3.63) is 41.9 Å². The number of nitrogens with zero attached hydrogens (tertiary/aromatic N) is 2. The molecule has 0 aromatic carbocycles. The van der Waals surface area contributed by atoms with E-state index in [-0.39, 0.29) is 11.9 Å². The van der Waals surface area contributed by atoms with Crippen LogP contribution in [0.5, 0.6) is 5.88 Å². The van der Waals surface area contributed by atoms with E-state index in [0.29, 0.717) is 18.2 Å². The Morgan fingerprint density at radius 2 is 2.12 bits per heavy atom. The number of furan rings is 1. The van der Waals surface area contributed by atoms with Gasteiger partial charge < -0.3 is 19.4 Å². The van der Waals surface area contributed by atoms with Gasteiger partial charge in [-0.1, -0.05) is 6.07 Å². The van der Waals surface area contributed by atoms with Gasteiger partial charge in [0, 0.05) is 25.2 Å². The van der Waals surface area contributed by atoms with E-state index < -0.39 is 0 Å². The van der Waals surface area contributed by atoms with E-state index in [0.717, 1.165) is 37.5 Å². The number of nitrogens with one attached hydrogen (secondary N) is 1. The fourth-order valence-corrected chi connectivity index (χ4v) is 2.87. The molecule has 3 heterocycles. The van der Waals surface area contributed by atoms with Crippen LogP contribution in [-0.2, 0) is 0 Å². The second-order valence-electron chi connectivity index (χ2n) is 5.91. The molecule has 0 atom stereocenters. The van der Waals surface area contributed by atoms with Crippen LogP contribution < -0.4 is 15.0 Å². The number of rotatable bonds is 5. The van der Waals surface area contributed by atoms with Gasteiger partial charge in [0.2, 0.25) is 5.88 Å². The van der Waals surface area contributed by atoms with Crippen molar-refractivity contribution >= 4 is 11.7 Å². The summed E-state index contributed by atoms with van der Waals surface area (Å²) in [6.07, 6.45) is 1.76. The number of pyridine rings is 1. The van der Waals surface area contributed by atoms with E-state index in [1.165, 1.54) is 0 Å². The van der Waals surface area contributed by atoms with Gasteiger partial charge in [-0.15, -0.1) is 0 Å². The second kappa shape index (κ2) is 7.38. The molecule has 0 radical (unpaired) electrons. The lowest BCUT2D eigenvalue weighted by Gasteiger charge is -2.33. The molecule has 3 rings (SSSR count). The molecule has 2 aromatic heterocycles. The summed E-state index contributed by atoms with van der Waals surface area (Å²) in [6.45, 7) is 6.09. The minimum absolute atomic E-state index is 0.141. The lowest BCUT2D eigenvalue weighted by atomic mass is 10.0. The van der Waals surface area contributed by atoms with Crippen LogP contribution in [0.25, 0.3) is 0 Å². The number of hydrogen-bond acceptors (Lipinski definition) is 5. The summed E-state index contributed by atoms with van der Waals surface area (Å²) in [6, 6.07) is 9.49. The van der Waals surface area contributed by atoms with E-state index in [9.17, 15) is 4.79 Å². The zero-order valence-electron chi connectivity index (χ0n) is 14.1. The van der Waals surface area contributed by atoms with Crippen LogP contribution in [0.3, 0.4) is 0 Å². The van der Waals surface area contributed by atoms with Crippen molar-refractivity contribution in [1.29, 1.82) is 0 Å². The highest BCUT2D eigenvalue weighted by atomic mass is 16.5. The summed E-state index contributed by atoms with van der Waals surface area (Å²) >= 11 is 0. The van der Waals surface area contributed by atoms with Gasteiger partial charge in [-0.25, -0.2) is 0 Å². The monoisotopic (exact) mass is 329 g/mol. The molecule has 0 bridgehead atoms. The van der Waals surface area contributed by atoms with Crippen molar-refractivity contribution in [2.75, 3.05) is 24.6 Å². The third kappa shape index (κ3) is 3.88. The predicted octanol–water partition coefficient (Wildman–Crippen LogP) is 2.78. The average Bonchev–Trinajstić information content (AvgIpc) is 3.03. The Hall–Kier alpha value is -2.50. The molecule has 128 valence electrons. The van der Waals surface area contributed by atoms with Crippen molar-refractivity contribution in [1.82, 2.24) is 10.3 Å². The summed E-state index contributed by atoms with van der Waals surface area (Å²) in [5.41, 5.74) is 0. The number of piperidine rings is 1. The van der Waals surface area contributed by atoms with E-state index in [1.807, 2.05) is 32.0 Å². The number of amides is 1. The van der Waals surface area contributed by atoms with Gasteiger partial charge >= 0.3 is 0 Å². The normalized spacial score (nSPS) is 15.3. The average molecular weight is 329 g/mol. The van der Waals surface area contributed by atoms with Crippen molar-refractivity contribution in [3.63, 3.8) is 0 Å². The van der Waals surface area contributed by atoms with Crippen molar-refractivity contribution in [2.45, 2.75) is 32.7 Å². The van der Waals surface area contributed by atoms with Gasteiger partial charge in [0.05, 0.1) is 6.61 Å². The Labute approximate surface area is 141 Å². The van der Waals surface area contributed by atoms with Crippen LogP contribution in [0.1, 0.15) is 36.1 Å². The van der Waals surface area contributed by atoms with Crippen LogP contribution in [0.15, 0.2) is 34.7 Å². The maximum Gasteiger partial charge on any atom is 0.287 e. The fourth-order valence-electron chi connectivity index (χ4n) is 2.87. The maximum absolute atomic E-state index is 12.1. The zero-order valence-corrected chi connectivity index (χ0v) is 14.1. The Kier molecular flexibility index (Phi) is 5.03. The van der Waals surface area contributed by atoms with Gasteiger partial charge in [0.25, 0.3) is 5.91 Å². The number of aryl methyl sites for hydroxylation is 1. The third-order valence-electron chi connectivity index (χ3n) is 4.12. The first-order valence-corrected chi connectivity index (χ1v) is 8.38. The predicted molar refractivity (Wildman–Crippen MR) is 91.6 cm³/mol. The van der Waals surface area contributed by atoms with Crippen LogP contribution in [0.4, 0.5) is 5.82 Å². The molecular weight excluding hydrogens is 306 g/mol. The van der Waals surface area contributed by atoms with Crippen LogP contribution in [-0.4, -0.2) is 36.6 Å². The van der Waals surface area contributed by atoms with E-state index in [2.05, 4.69) is 15.2 Å². The van der Waals surface area contributed by atoms with E-state index in [1.54, 1.807) is 12.1 Å². The number of ether oxygens (including phenoxy) is 1. The number of carbonyl (C=O) groups is 1. The van der Waals surface area contributed by atoms with Gasteiger partial charge in [-0.2, -0.15) is 4.98 Å². The Balaban J connectivity index is 1.54.